The molecule has 27 heavy (non-hydrogen) atoms. The molecule has 2 aromatic heterocycles. The van der Waals surface area contributed by atoms with Crippen molar-refractivity contribution in [2.24, 2.45) is 0 Å². The molecule has 7 nitrogen and oxygen atoms in total. The van der Waals surface area contributed by atoms with E-state index in [4.69, 9.17) is 4.74 Å². The molecule has 0 spiro atoms. The van der Waals surface area contributed by atoms with Crippen LogP contribution in [0.5, 0.6) is 5.75 Å². The van der Waals surface area contributed by atoms with Crippen molar-refractivity contribution in [3.63, 3.8) is 0 Å². The normalized spacial score (nSPS) is 10.7. The zero-order valence-electron chi connectivity index (χ0n) is 14.3. The minimum absolute atomic E-state index is 0.326. The van der Waals surface area contributed by atoms with Crippen LogP contribution in [0.4, 0.5) is 21.8 Å². The Bertz CT molecular complexity index is 1040. The fraction of sp³-hybridized carbons (Fsp3) is 0.105. The van der Waals surface area contributed by atoms with Crippen molar-refractivity contribution >= 4 is 28.6 Å². The van der Waals surface area contributed by atoms with Crippen molar-refractivity contribution in [3.05, 3.63) is 66.7 Å². The second-order valence-electron chi connectivity index (χ2n) is 5.72. The number of benzene rings is 2. The number of para-hydroxylation sites is 1. The molecule has 0 aliphatic rings. The van der Waals surface area contributed by atoms with E-state index >= 15 is 0 Å². The fourth-order valence-electron chi connectivity index (χ4n) is 2.57. The van der Waals surface area contributed by atoms with Crippen molar-refractivity contribution in [1.29, 1.82) is 0 Å². The van der Waals surface area contributed by atoms with Crippen LogP contribution in [0.1, 0.15) is 0 Å². The first-order valence-electron chi connectivity index (χ1n) is 8.43. The molecule has 0 aliphatic heterocycles. The van der Waals surface area contributed by atoms with Crippen LogP contribution < -0.4 is 15.4 Å². The summed E-state index contributed by atoms with van der Waals surface area (Å²) < 4.78 is 19.0. The van der Waals surface area contributed by atoms with Crippen molar-refractivity contribution in [1.82, 2.24) is 19.9 Å². The standard InChI is InChI=1S/C19H17FN6O/c20-13-5-4-6-14(11-13)24-19-25-17(16-18(26-19)23-12-22-16)21-9-10-27-15-7-2-1-3-8-15/h1-8,11-12H,9-10H2,(H3,21,22,23,24,25,26). The van der Waals surface area contributed by atoms with Crippen LogP contribution in [0.3, 0.4) is 0 Å². The Morgan fingerprint density at radius 3 is 2.78 bits per heavy atom. The van der Waals surface area contributed by atoms with Crippen LogP contribution in [0.25, 0.3) is 11.2 Å². The van der Waals surface area contributed by atoms with Gasteiger partial charge in [0.1, 0.15) is 23.7 Å². The molecule has 3 N–H and O–H groups in total. The maximum Gasteiger partial charge on any atom is 0.231 e. The fourth-order valence-corrected chi connectivity index (χ4v) is 2.57. The molecule has 2 aromatic carbocycles. The molecule has 2 heterocycles. The summed E-state index contributed by atoms with van der Waals surface area (Å²) >= 11 is 0. The first-order chi connectivity index (χ1) is 13.3. The molecule has 0 saturated carbocycles. The van der Waals surface area contributed by atoms with Gasteiger partial charge in [-0.05, 0) is 30.3 Å². The van der Waals surface area contributed by atoms with E-state index in [9.17, 15) is 4.39 Å². The van der Waals surface area contributed by atoms with Gasteiger partial charge in [-0.25, -0.2) is 9.37 Å². The van der Waals surface area contributed by atoms with Crippen LogP contribution >= 0.6 is 0 Å². The summed E-state index contributed by atoms with van der Waals surface area (Å²) in [6.45, 7) is 1.01. The number of aromatic nitrogens is 4. The third-order valence-corrected chi connectivity index (χ3v) is 3.77. The molecule has 0 atom stereocenters. The van der Waals surface area contributed by atoms with E-state index in [0.29, 0.717) is 41.8 Å². The van der Waals surface area contributed by atoms with Gasteiger partial charge in [-0.2, -0.15) is 9.97 Å². The topological polar surface area (TPSA) is 87.8 Å². The molecule has 4 aromatic rings. The molecule has 8 heteroatoms. The Kier molecular flexibility index (Phi) is 4.78. The maximum absolute atomic E-state index is 13.4. The molecule has 0 fully saturated rings. The number of ether oxygens (including phenoxy) is 1. The monoisotopic (exact) mass is 364 g/mol. The summed E-state index contributed by atoms with van der Waals surface area (Å²) in [5, 5.41) is 6.22. The zero-order chi connectivity index (χ0) is 18.5. The van der Waals surface area contributed by atoms with Gasteiger partial charge in [0.2, 0.25) is 5.95 Å². The van der Waals surface area contributed by atoms with Gasteiger partial charge in [-0.3, -0.25) is 0 Å². The average molecular weight is 364 g/mol. The quantitative estimate of drug-likeness (QED) is 0.433. The number of H-pyrrole nitrogens is 1. The minimum atomic E-state index is -0.336. The van der Waals surface area contributed by atoms with E-state index in [1.165, 1.54) is 12.1 Å². The number of imidazole rings is 1. The molecule has 0 amide bonds. The number of aromatic amines is 1. The zero-order valence-corrected chi connectivity index (χ0v) is 14.3. The number of fused-ring (bicyclic) bond motifs is 1. The third-order valence-electron chi connectivity index (χ3n) is 3.77. The maximum atomic E-state index is 13.4. The number of hydrogen-bond acceptors (Lipinski definition) is 6. The summed E-state index contributed by atoms with van der Waals surface area (Å²) in [4.78, 5) is 16.0. The summed E-state index contributed by atoms with van der Waals surface area (Å²) in [6, 6.07) is 15.7. The number of anilines is 3. The molecular weight excluding hydrogens is 347 g/mol. The summed E-state index contributed by atoms with van der Waals surface area (Å²) in [7, 11) is 0. The Morgan fingerprint density at radius 2 is 1.93 bits per heavy atom. The van der Waals surface area contributed by atoms with E-state index in [0.717, 1.165) is 5.75 Å². The summed E-state index contributed by atoms with van der Waals surface area (Å²) in [5.41, 5.74) is 1.76. The van der Waals surface area contributed by atoms with Gasteiger partial charge in [0.05, 0.1) is 12.9 Å². The predicted molar refractivity (Wildman–Crippen MR) is 102 cm³/mol. The molecule has 0 radical (unpaired) electrons. The van der Waals surface area contributed by atoms with Crippen LogP contribution in [-0.4, -0.2) is 33.1 Å². The van der Waals surface area contributed by atoms with Crippen molar-refractivity contribution in [2.75, 3.05) is 23.8 Å². The van der Waals surface area contributed by atoms with Crippen molar-refractivity contribution in [3.8, 4) is 5.75 Å². The van der Waals surface area contributed by atoms with Crippen LogP contribution in [0, 0.1) is 5.82 Å². The predicted octanol–water partition coefficient (Wildman–Crippen LogP) is 3.73. The van der Waals surface area contributed by atoms with Gasteiger partial charge in [0.15, 0.2) is 11.5 Å². The Balaban J connectivity index is 1.47. The molecular formula is C19H17FN6O. The lowest BCUT2D eigenvalue weighted by molar-refractivity contribution is 0.333. The number of hydrogen-bond donors (Lipinski definition) is 3. The lowest BCUT2D eigenvalue weighted by atomic mass is 10.3. The van der Waals surface area contributed by atoms with E-state index in [-0.39, 0.29) is 5.82 Å². The highest BCUT2D eigenvalue weighted by Crippen LogP contribution is 2.21. The van der Waals surface area contributed by atoms with E-state index in [1.807, 2.05) is 30.3 Å². The second kappa shape index (κ2) is 7.69. The summed E-state index contributed by atoms with van der Waals surface area (Å²) in [5.74, 6) is 1.39. The molecule has 4 rings (SSSR count). The highest BCUT2D eigenvalue weighted by molar-refractivity contribution is 5.84. The van der Waals surface area contributed by atoms with E-state index in [1.54, 1.807) is 18.5 Å². The van der Waals surface area contributed by atoms with Gasteiger partial charge in [0, 0.05) is 5.69 Å². The first kappa shape index (κ1) is 16.8. The van der Waals surface area contributed by atoms with Gasteiger partial charge < -0.3 is 20.4 Å². The highest BCUT2D eigenvalue weighted by atomic mass is 19.1. The van der Waals surface area contributed by atoms with Gasteiger partial charge in [-0.15, -0.1) is 0 Å². The van der Waals surface area contributed by atoms with Crippen LogP contribution in [0.2, 0.25) is 0 Å². The molecule has 136 valence electrons. The summed E-state index contributed by atoms with van der Waals surface area (Å²) in [6.07, 6.45) is 1.55. The van der Waals surface area contributed by atoms with Gasteiger partial charge >= 0.3 is 0 Å². The third kappa shape index (κ3) is 4.12. The smallest absolute Gasteiger partial charge is 0.231 e. The average Bonchev–Trinajstić information content (AvgIpc) is 3.15. The number of nitrogens with zero attached hydrogens (tertiary/aromatic N) is 3. The molecule has 0 unspecified atom stereocenters. The van der Waals surface area contributed by atoms with E-state index < -0.39 is 0 Å². The Morgan fingerprint density at radius 1 is 1.04 bits per heavy atom. The van der Waals surface area contributed by atoms with Crippen molar-refractivity contribution in [2.45, 2.75) is 0 Å². The number of rotatable bonds is 7. The number of halogens is 1. The second-order valence-corrected chi connectivity index (χ2v) is 5.72. The van der Waals surface area contributed by atoms with Crippen LogP contribution in [-0.2, 0) is 0 Å². The van der Waals surface area contributed by atoms with Gasteiger partial charge in [0.25, 0.3) is 0 Å². The van der Waals surface area contributed by atoms with Crippen LogP contribution in [0.15, 0.2) is 60.9 Å². The number of nitrogens with one attached hydrogen (secondary N) is 3. The van der Waals surface area contributed by atoms with Gasteiger partial charge in [-0.1, -0.05) is 24.3 Å². The molecule has 0 saturated heterocycles. The molecule has 0 aliphatic carbocycles. The Hall–Kier alpha value is -3.68. The molecule has 0 bridgehead atoms. The van der Waals surface area contributed by atoms with Crippen molar-refractivity contribution < 1.29 is 9.13 Å². The highest BCUT2D eigenvalue weighted by Gasteiger charge is 2.10. The first-order valence-corrected chi connectivity index (χ1v) is 8.43. The minimum Gasteiger partial charge on any atom is -0.492 e. The Labute approximate surface area is 154 Å². The lowest BCUT2D eigenvalue weighted by Crippen LogP contribution is -2.13. The van der Waals surface area contributed by atoms with E-state index in [2.05, 4.69) is 30.6 Å². The largest absolute Gasteiger partial charge is 0.492 e. The SMILES string of the molecule is Fc1cccc(Nc2nc(NCCOc3ccccc3)c3[nH]cnc3n2)c1. The lowest BCUT2D eigenvalue weighted by Gasteiger charge is -2.10.